The first-order valence-corrected chi connectivity index (χ1v) is 7.12. The number of fused-ring (bicyclic) bond motifs is 1. The topological polar surface area (TPSA) is 29.0 Å². The van der Waals surface area contributed by atoms with Crippen LogP contribution in [0.5, 0.6) is 0 Å². The van der Waals surface area contributed by atoms with Crippen LogP contribution in [0, 0.1) is 0 Å². The van der Waals surface area contributed by atoms with Gasteiger partial charge in [-0.05, 0) is 32.6 Å². The van der Waals surface area contributed by atoms with Crippen LogP contribution in [0.1, 0.15) is 31.0 Å². The predicted molar refractivity (Wildman–Crippen MR) is 70.4 cm³/mol. The molecule has 0 spiro atoms. The monoisotopic (exact) mass is 283 g/mol. The lowest BCUT2D eigenvalue weighted by molar-refractivity contribution is 0.774. The first-order valence-electron chi connectivity index (χ1n) is 6.00. The van der Waals surface area contributed by atoms with Crippen LogP contribution in [-0.2, 0) is 12.8 Å². The maximum absolute atomic E-state index is 4.47. The van der Waals surface area contributed by atoms with Gasteiger partial charge in [-0.1, -0.05) is 15.9 Å². The highest BCUT2D eigenvalue weighted by molar-refractivity contribution is 9.09. The number of rotatable bonds is 5. The number of anilines is 1. The minimum Gasteiger partial charge on any atom is -0.357 e. The lowest BCUT2D eigenvalue weighted by atomic mass is 10.2. The van der Waals surface area contributed by atoms with Gasteiger partial charge in [0.05, 0.1) is 0 Å². The maximum atomic E-state index is 4.47. The van der Waals surface area contributed by atoms with Gasteiger partial charge in [-0.3, -0.25) is 0 Å². The van der Waals surface area contributed by atoms with Crippen molar-refractivity contribution >= 4 is 21.7 Å². The second-order valence-electron chi connectivity index (χ2n) is 4.10. The van der Waals surface area contributed by atoms with E-state index < -0.39 is 0 Å². The second-order valence-corrected chi connectivity index (χ2v) is 4.89. The molecule has 0 saturated heterocycles. The fourth-order valence-corrected chi connectivity index (χ4v) is 2.53. The van der Waals surface area contributed by atoms with Crippen LogP contribution in [0.4, 0.5) is 5.82 Å². The maximum Gasteiger partial charge on any atom is 0.135 e. The van der Waals surface area contributed by atoms with Gasteiger partial charge in [0.15, 0.2) is 0 Å². The summed E-state index contributed by atoms with van der Waals surface area (Å²) in [6, 6.07) is 0. The first-order chi connectivity index (χ1) is 7.86. The minimum absolute atomic E-state index is 1.02. The third-order valence-electron chi connectivity index (χ3n) is 3.10. The van der Waals surface area contributed by atoms with Crippen molar-refractivity contribution in [1.82, 2.24) is 9.97 Å². The van der Waals surface area contributed by atoms with Gasteiger partial charge < -0.3 is 4.90 Å². The zero-order valence-corrected chi connectivity index (χ0v) is 11.3. The Balaban J connectivity index is 2.21. The van der Waals surface area contributed by atoms with Crippen molar-refractivity contribution in [2.24, 2.45) is 0 Å². The lowest BCUT2D eigenvalue weighted by Crippen LogP contribution is -2.26. The molecular weight excluding hydrogens is 266 g/mol. The van der Waals surface area contributed by atoms with E-state index in [-0.39, 0.29) is 0 Å². The summed E-state index contributed by atoms with van der Waals surface area (Å²) in [5.74, 6) is 1.17. The molecule has 0 fully saturated rings. The molecule has 1 aliphatic carbocycles. The van der Waals surface area contributed by atoms with Crippen molar-refractivity contribution in [3.63, 3.8) is 0 Å². The smallest absolute Gasteiger partial charge is 0.135 e. The largest absolute Gasteiger partial charge is 0.357 e. The van der Waals surface area contributed by atoms with Crippen LogP contribution >= 0.6 is 15.9 Å². The summed E-state index contributed by atoms with van der Waals surface area (Å²) in [7, 11) is 0. The Bertz CT molecular complexity index is 354. The van der Waals surface area contributed by atoms with Crippen LogP contribution in [0.25, 0.3) is 0 Å². The van der Waals surface area contributed by atoms with Gasteiger partial charge >= 0.3 is 0 Å². The summed E-state index contributed by atoms with van der Waals surface area (Å²) in [5, 5.41) is 1.05. The van der Waals surface area contributed by atoms with Crippen molar-refractivity contribution in [2.75, 3.05) is 23.3 Å². The number of aryl methyl sites for hydroxylation is 1. The highest BCUT2D eigenvalue weighted by atomic mass is 79.9. The first kappa shape index (κ1) is 11.8. The van der Waals surface area contributed by atoms with Crippen LogP contribution in [-0.4, -0.2) is 28.4 Å². The third-order valence-corrected chi connectivity index (χ3v) is 3.66. The molecule has 0 unspecified atom stereocenters. The molecule has 2 rings (SSSR count). The average Bonchev–Trinajstić information content (AvgIpc) is 2.78. The molecule has 88 valence electrons. The van der Waals surface area contributed by atoms with E-state index in [1.807, 2.05) is 0 Å². The van der Waals surface area contributed by atoms with E-state index in [9.17, 15) is 0 Å². The SMILES string of the molecule is CCN(CCCBr)c1ncnc2c1CCC2. The van der Waals surface area contributed by atoms with Crippen molar-refractivity contribution in [3.8, 4) is 0 Å². The Kier molecular flexibility index (Phi) is 4.16. The Morgan fingerprint density at radius 1 is 1.38 bits per heavy atom. The molecule has 0 N–H and O–H groups in total. The molecule has 1 heterocycles. The molecule has 0 bridgehead atoms. The predicted octanol–water partition coefficient (Wildman–Crippen LogP) is 2.58. The number of alkyl halides is 1. The number of aromatic nitrogens is 2. The standard InChI is InChI=1S/C12H18BrN3/c1-2-16(8-4-7-13)12-10-5-3-6-11(10)14-9-15-12/h9H,2-8H2,1H3. The molecule has 0 radical (unpaired) electrons. The molecule has 1 aromatic rings. The summed E-state index contributed by atoms with van der Waals surface area (Å²) >= 11 is 3.48. The molecule has 0 atom stereocenters. The van der Waals surface area contributed by atoms with Gasteiger partial charge in [-0.2, -0.15) is 0 Å². The highest BCUT2D eigenvalue weighted by Gasteiger charge is 2.19. The van der Waals surface area contributed by atoms with E-state index in [2.05, 4.69) is 37.7 Å². The zero-order chi connectivity index (χ0) is 11.4. The van der Waals surface area contributed by atoms with Crippen LogP contribution in [0.2, 0.25) is 0 Å². The van der Waals surface area contributed by atoms with Crippen molar-refractivity contribution in [2.45, 2.75) is 32.6 Å². The van der Waals surface area contributed by atoms with Crippen LogP contribution in [0.3, 0.4) is 0 Å². The summed E-state index contributed by atoms with van der Waals surface area (Å²) in [5.41, 5.74) is 2.65. The van der Waals surface area contributed by atoms with Gasteiger partial charge in [0.25, 0.3) is 0 Å². The average molecular weight is 284 g/mol. The van der Waals surface area contributed by atoms with Crippen LogP contribution < -0.4 is 4.90 Å². The molecule has 0 saturated carbocycles. The zero-order valence-electron chi connectivity index (χ0n) is 9.75. The van der Waals surface area contributed by atoms with Crippen molar-refractivity contribution < 1.29 is 0 Å². The fraction of sp³-hybridized carbons (Fsp3) is 0.667. The van der Waals surface area contributed by atoms with Gasteiger partial charge in [0.2, 0.25) is 0 Å². The minimum atomic E-state index is 1.02. The van der Waals surface area contributed by atoms with Gasteiger partial charge in [-0.15, -0.1) is 0 Å². The molecule has 16 heavy (non-hydrogen) atoms. The molecule has 0 aromatic carbocycles. The Morgan fingerprint density at radius 2 is 2.25 bits per heavy atom. The highest BCUT2D eigenvalue weighted by Crippen LogP contribution is 2.27. The number of halogens is 1. The number of hydrogen-bond acceptors (Lipinski definition) is 3. The summed E-state index contributed by atoms with van der Waals surface area (Å²) in [4.78, 5) is 11.2. The summed E-state index contributed by atoms with van der Waals surface area (Å²) in [6.45, 7) is 4.29. The quantitative estimate of drug-likeness (QED) is 0.778. The van der Waals surface area contributed by atoms with Gasteiger partial charge in [0, 0.05) is 29.7 Å². The molecule has 1 aliphatic rings. The second kappa shape index (κ2) is 5.62. The normalized spacial score (nSPS) is 13.9. The van der Waals surface area contributed by atoms with E-state index in [4.69, 9.17) is 0 Å². The third kappa shape index (κ3) is 2.37. The van der Waals surface area contributed by atoms with Gasteiger partial charge in [-0.25, -0.2) is 9.97 Å². The molecule has 3 nitrogen and oxygen atoms in total. The van der Waals surface area contributed by atoms with E-state index in [1.54, 1.807) is 6.33 Å². The summed E-state index contributed by atoms with van der Waals surface area (Å²) in [6.07, 6.45) is 6.39. The molecular formula is C12H18BrN3. The Hall–Kier alpha value is -0.640. The Morgan fingerprint density at radius 3 is 3.00 bits per heavy atom. The summed E-state index contributed by atoms with van der Waals surface area (Å²) < 4.78 is 0. The fourth-order valence-electron chi connectivity index (χ4n) is 2.28. The number of nitrogens with zero attached hydrogens (tertiary/aromatic N) is 3. The van der Waals surface area contributed by atoms with E-state index >= 15 is 0 Å². The lowest BCUT2D eigenvalue weighted by Gasteiger charge is -2.23. The van der Waals surface area contributed by atoms with Gasteiger partial charge in [0.1, 0.15) is 12.1 Å². The molecule has 4 heteroatoms. The molecule has 0 amide bonds. The molecule has 1 aromatic heterocycles. The van der Waals surface area contributed by atoms with E-state index in [1.165, 1.54) is 23.5 Å². The van der Waals surface area contributed by atoms with Crippen molar-refractivity contribution in [1.29, 1.82) is 0 Å². The molecule has 0 aliphatic heterocycles. The Labute approximate surface area is 105 Å². The van der Waals surface area contributed by atoms with E-state index in [0.29, 0.717) is 0 Å². The number of hydrogen-bond donors (Lipinski definition) is 0. The van der Waals surface area contributed by atoms with E-state index in [0.717, 1.165) is 37.7 Å². The van der Waals surface area contributed by atoms with Crippen molar-refractivity contribution in [3.05, 3.63) is 17.6 Å². The van der Waals surface area contributed by atoms with Crippen LogP contribution in [0.15, 0.2) is 6.33 Å².